The highest BCUT2D eigenvalue weighted by Crippen LogP contribution is 2.39. The predicted octanol–water partition coefficient (Wildman–Crippen LogP) is 3.98. The monoisotopic (exact) mass is 294 g/mol. The number of aryl methyl sites for hydroxylation is 2. The summed E-state index contributed by atoms with van der Waals surface area (Å²) in [5.41, 5.74) is 4.66. The number of hydrogen-bond donors (Lipinski definition) is 0. The third-order valence-corrected chi connectivity index (χ3v) is 4.88. The first-order valence-electron chi connectivity index (χ1n) is 6.94. The molecule has 2 heterocycles. The predicted molar refractivity (Wildman–Crippen MR) is 84.7 cm³/mol. The van der Waals surface area contributed by atoms with E-state index in [2.05, 4.69) is 29.2 Å². The van der Waals surface area contributed by atoms with Gasteiger partial charge in [0.05, 0.1) is 12.8 Å². The number of methoxy groups -OCH3 is 1. The Balaban J connectivity index is 1.83. The van der Waals surface area contributed by atoms with Gasteiger partial charge in [0.15, 0.2) is 0 Å². The molecule has 1 aliphatic rings. The summed E-state index contributed by atoms with van der Waals surface area (Å²) in [6.45, 7) is 0. The number of thiazole rings is 1. The van der Waals surface area contributed by atoms with Crippen LogP contribution >= 0.6 is 11.3 Å². The lowest BCUT2D eigenvalue weighted by atomic mass is 9.94. The fourth-order valence-electron chi connectivity index (χ4n) is 2.71. The smallest absolute Gasteiger partial charge is 0.213 e. The number of benzene rings is 1. The molecule has 2 aromatic heterocycles. The molecule has 3 nitrogen and oxygen atoms in total. The highest BCUT2D eigenvalue weighted by molar-refractivity contribution is 7.15. The summed E-state index contributed by atoms with van der Waals surface area (Å²) in [6.07, 6.45) is 2.16. The van der Waals surface area contributed by atoms with Crippen molar-refractivity contribution in [3.05, 3.63) is 52.9 Å². The molecule has 0 N–H and O–H groups in total. The molecule has 4 rings (SSSR count). The Kier molecular flexibility index (Phi) is 2.97. The van der Waals surface area contributed by atoms with Gasteiger partial charge >= 0.3 is 0 Å². The molecule has 1 aromatic carbocycles. The SMILES string of the molecule is COc1cccc(-c2nc3c(s2)CCc2ccccc2-3)n1. The molecule has 0 radical (unpaired) electrons. The summed E-state index contributed by atoms with van der Waals surface area (Å²) < 4.78 is 5.20. The van der Waals surface area contributed by atoms with Crippen LogP contribution in [-0.2, 0) is 12.8 Å². The zero-order chi connectivity index (χ0) is 14.2. The average molecular weight is 294 g/mol. The fraction of sp³-hybridized carbons (Fsp3) is 0.176. The van der Waals surface area contributed by atoms with Gasteiger partial charge in [-0.25, -0.2) is 9.97 Å². The Hall–Kier alpha value is -2.20. The second-order valence-corrected chi connectivity index (χ2v) is 6.10. The lowest BCUT2D eigenvalue weighted by molar-refractivity contribution is 0.398. The maximum Gasteiger partial charge on any atom is 0.213 e. The van der Waals surface area contributed by atoms with Crippen LogP contribution in [0, 0.1) is 0 Å². The molecule has 1 aliphatic carbocycles. The molecule has 0 unspecified atom stereocenters. The maximum absolute atomic E-state index is 5.20. The van der Waals surface area contributed by atoms with Gasteiger partial charge < -0.3 is 4.74 Å². The quantitative estimate of drug-likeness (QED) is 0.717. The Morgan fingerprint density at radius 3 is 2.81 bits per heavy atom. The van der Waals surface area contributed by atoms with Gasteiger partial charge in [-0.15, -0.1) is 11.3 Å². The highest BCUT2D eigenvalue weighted by atomic mass is 32.1. The van der Waals surface area contributed by atoms with Crippen LogP contribution in [0.15, 0.2) is 42.5 Å². The van der Waals surface area contributed by atoms with E-state index in [1.807, 2.05) is 18.2 Å². The zero-order valence-corrected chi connectivity index (χ0v) is 12.5. The molecular formula is C17H14N2OS. The van der Waals surface area contributed by atoms with Gasteiger partial charge in [-0.05, 0) is 24.5 Å². The number of pyridine rings is 1. The van der Waals surface area contributed by atoms with Gasteiger partial charge in [0, 0.05) is 16.5 Å². The summed E-state index contributed by atoms with van der Waals surface area (Å²) in [6, 6.07) is 14.3. The van der Waals surface area contributed by atoms with E-state index in [4.69, 9.17) is 9.72 Å². The van der Waals surface area contributed by atoms with E-state index in [1.165, 1.54) is 16.0 Å². The van der Waals surface area contributed by atoms with E-state index in [0.29, 0.717) is 5.88 Å². The van der Waals surface area contributed by atoms with Crippen molar-refractivity contribution in [1.82, 2.24) is 9.97 Å². The molecule has 0 spiro atoms. The normalized spacial score (nSPS) is 12.6. The molecule has 0 saturated heterocycles. The first kappa shape index (κ1) is 12.5. The third-order valence-electron chi connectivity index (χ3n) is 3.74. The molecular weight excluding hydrogens is 280 g/mol. The molecule has 3 aromatic rings. The summed E-state index contributed by atoms with van der Waals surface area (Å²) >= 11 is 1.74. The molecule has 4 heteroatoms. The van der Waals surface area contributed by atoms with Crippen molar-refractivity contribution in [1.29, 1.82) is 0 Å². The van der Waals surface area contributed by atoms with Gasteiger partial charge in [0.1, 0.15) is 10.7 Å². The molecule has 0 fully saturated rings. The number of rotatable bonds is 2. The van der Waals surface area contributed by atoms with E-state index in [0.717, 1.165) is 29.2 Å². The van der Waals surface area contributed by atoms with Gasteiger partial charge in [0.2, 0.25) is 5.88 Å². The topological polar surface area (TPSA) is 35.0 Å². The van der Waals surface area contributed by atoms with Crippen LogP contribution in [0.4, 0.5) is 0 Å². The van der Waals surface area contributed by atoms with E-state index in [9.17, 15) is 0 Å². The van der Waals surface area contributed by atoms with Crippen LogP contribution in [0.25, 0.3) is 22.0 Å². The molecule has 0 amide bonds. The number of nitrogens with zero attached hydrogens (tertiary/aromatic N) is 2. The maximum atomic E-state index is 5.20. The minimum atomic E-state index is 0.626. The van der Waals surface area contributed by atoms with Crippen molar-refractivity contribution in [3.8, 4) is 27.8 Å². The van der Waals surface area contributed by atoms with Crippen molar-refractivity contribution < 1.29 is 4.74 Å². The summed E-state index contributed by atoms with van der Waals surface area (Å²) in [7, 11) is 1.63. The largest absolute Gasteiger partial charge is 0.481 e. The Morgan fingerprint density at radius 1 is 1.00 bits per heavy atom. The number of fused-ring (bicyclic) bond motifs is 3. The van der Waals surface area contributed by atoms with E-state index in [-0.39, 0.29) is 0 Å². The average Bonchev–Trinajstić information content (AvgIpc) is 2.99. The first-order valence-corrected chi connectivity index (χ1v) is 7.76. The van der Waals surface area contributed by atoms with E-state index < -0.39 is 0 Å². The molecule has 0 saturated carbocycles. The lowest BCUT2D eigenvalue weighted by Gasteiger charge is -2.13. The van der Waals surface area contributed by atoms with E-state index in [1.54, 1.807) is 18.4 Å². The van der Waals surface area contributed by atoms with Gasteiger partial charge in [-0.3, -0.25) is 0 Å². The second-order valence-electron chi connectivity index (χ2n) is 5.01. The summed E-state index contributed by atoms with van der Waals surface area (Å²) in [5, 5.41) is 0.968. The van der Waals surface area contributed by atoms with Gasteiger partial charge in [-0.2, -0.15) is 0 Å². The number of ether oxygens (including phenoxy) is 1. The lowest BCUT2D eigenvalue weighted by Crippen LogP contribution is -2.01. The minimum Gasteiger partial charge on any atom is -0.481 e. The van der Waals surface area contributed by atoms with Crippen LogP contribution in [0.1, 0.15) is 10.4 Å². The van der Waals surface area contributed by atoms with Crippen molar-refractivity contribution in [3.63, 3.8) is 0 Å². The second kappa shape index (κ2) is 4.97. The molecule has 0 atom stereocenters. The van der Waals surface area contributed by atoms with Gasteiger partial charge in [-0.1, -0.05) is 30.3 Å². The van der Waals surface area contributed by atoms with E-state index >= 15 is 0 Å². The van der Waals surface area contributed by atoms with Crippen molar-refractivity contribution in [2.75, 3.05) is 7.11 Å². The molecule has 0 bridgehead atoms. The zero-order valence-electron chi connectivity index (χ0n) is 11.7. The standard InChI is InChI=1S/C17H14N2OS/c1-20-15-8-4-7-13(18-15)17-19-16-12-6-3-2-5-11(12)9-10-14(16)21-17/h2-8H,9-10H2,1H3. The third kappa shape index (κ3) is 2.12. The van der Waals surface area contributed by atoms with Crippen LogP contribution in [-0.4, -0.2) is 17.1 Å². The minimum absolute atomic E-state index is 0.626. The Labute approximate surface area is 127 Å². The van der Waals surface area contributed by atoms with Crippen LogP contribution in [0.2, 0.25) is 0 Å². The Bertz CT molecular complexity index is 810. The van der Waals surface area contributed by atoms with Crippen molar-refractivity contribution in [2.45, 2.75) is 12.8 Å². The van der Waals surface area contributed by atoms with Gasteiger partial charge in [0.25, 0.3) is 0 Å². The van der Waals surface area contributed by atoms with Crippen LogP contribution in [0.3, 0.4) is 0 Å². The van der Waals surface area contributed by atoms with Crippen LogP contribution in [0.5, 0.6) is 5.88 Å². The first-order chi connectivity index (χ1) is 10.3. The summed E-state index contributed by atoms with van der Waals surface area (Å²) in [5.74, 6) is 0.626. The van der Waals surface area contributed by atoms with Crippen LogP contribution < -0.4 is 4.74 Å². The summed E-state index contributed by atoms with van der Waals surface area (Å²) in [4.78, 5) is 10.7. The molecule has 21 heavy (non-hydrogen) atoms. The molecule has 0 aliphatic heterocycles. The highest BCUT2D eigenvalue weighted by Gasteiger charge is 2.21. The molecule has 104 valence electrons. The Morgan fingerprint density at radius 2 is 1.90 bits per heavy atom. The number of aromatic nitrogens is 2. The number of hydrogen-bond acceptors (Lipinski definition) is 4. The van der Waals surface area contributed by atoms with Crippen molar-refractivity contribution >= 4 is 11.3 Å². The van der Waals surface area contributed by atoms with Crippen molar-refractivity contribution in [2.24, 2.45) is 0 Å². The fourth-order valence-corrected chi connectivity index (χ4v) is 3.75.